The Morgan fingerprint density at radius 3 is 2.38 bits per heavy atom. The number of H-pyrrole nitrogens is 1. The molecule has 9 heteroatoms. The van der Waals surface area contributed by atoms with Crippen molar-refractivity contribution in [1.82, 2.24) is 10.3 Å². The zero-order chi connectivity index (χ0) is 31.6. The number of aromatic amines is 1. The fourth-order valence-electron chi connectivity index (χ4n) is 4.62. The van der Waals surface area contributed by atoms with E-state index in [1.807, 2.05) is 92.8 Å². The first-order chi connectivity index (χ1) is 21.9. The summed E-state index contributed by atoms with van der Waals surface area (Å²) in [6.45, 7) is 4.41. The predicted molar refractivity (Wildman–Crippen MR) is 181 cm³/mol. The fourth-order valence-corrected chi connectivity index (χ4v) is 5.63. The van der Waals surface area contributed by atoms with E-state index in [0.717, 1.165) is 21.5 Å². The number of rotatable bonds is 12. The van der Waals surface area contributed by atoms with Gasteiger partial charge in [-0.25, -0.2) is 0 Å². The number of carbonyl (C=O) groups excluding carboxylic acids is 3. The topological polar surface area (TPSA) is 112 Å². The van der Waals surface area contributed by atoms with Gasteiger partial charge in [0.05, 0.1) is 11.9 Å². The average Bonchev–Trinajstić information content (AvgIpc) is 3.53. The number of amides is 3. The van der Waals surface area contributed by atoms with Crippen molar-refractivity contribution in [3.63, 3.8) is 0 Å². The van der Waals surface area contributed by atoms with E-state index in [2.05, 4.69) is 20.9 Å². The van der Waals surface area contributed by atoms with Crippen LogP contribution in [0.3, 0.4) is 0 Å². The maximum absolute atomic E-state index is 13.5. The number of carbonyl (C=O) groups is 3. The van der Waals surface area contributed by atoms with Crippen LogP contribution in [0.1, 0.15) is 36.2 Å². The van der Waals surface area contributed by atoms with Gasteiger partial charge in [0.25, 0.3) is 11.8 Å². The van der Waals surface area contributed by atoms with Gasteiger partial charge in [0.2, 0.25) is 5.91 Å². The Balaban J connectivity index is 1.30. The summed E-state index contributed by atoms with van der Waals surface area (Å²) >= 11 is 1.42. The molecule has 45 heavy (non-hydrogen) atoms. The van der Waals surface area contributed by atoms with Gasteiger partial charge in [0, 0.05) is 33.5 Å². The molecule has 5 rings (SSSR count). The molecular weight excluding hydrogens is 584 g/mol. The lowest BCUT2D eigenvalue weighted by atomic mass is 10.1. The number of hydrogen-bond acceptors (Lipinski definition) is 5. The maximum atomic E-state index is 13.5. The minimum atomic E-state index is -0.486. The summed E-state index contributed by atoms with van der Waals surface area (Å²) < 4.78 is 5.52. The van der Waals surface area contributed by atoms with Crippen LogP contribution >= 0.6 is 11.8 Å². The third-order valence-corrected chi connectivity index (χ3v) is 8.24. The number of anilines is 2. The molecule has 1 atom stereocenters. The summed E-state index contributed by atoms with van der Waals surface area (Å²) in [6.07, 6.45) is 4.09. The molecule has 1 heterocycles. The van der Waals surface area contributed by atoms with Gasteiger partial charge in [0.1, 0.15) is 11.4 Å². The first-order valence-electron chi connectivity index (χ1n) is 14.7. The molecule has 228 valence electrons. The van der Waals surface area contributed by atoms with Gasteiger partial charge in [-0.15, -0.1) is 11.8 Å². The van der Waals surface area contributed by atoms with Crippen molar-refractivity contribution in [3.8, 4) is 5.75 Å². The predicted octanol–water partition coefficient (Wildman–Crippen LogP) is 7.49. The van der Waals surface area contributed by atoms with Crippen LogP contribution in [0.4, 0.5) is 11.4 Å². The first kappa shape index (κ1) is 31.2. The molecule has 0 aliphatic heterocycles. The van der Waals surface area contributed by atoms with Gasteiger partial charge in [-0.3, -0.25) is 14.4 Å². The molecule has 8 nitrogen and oxygen atoms in total. The van der Waals surface area contributed by atoms with Crippen LogP contribution in [-0.4, -0.2) is 34.6 Å². The van der Waals surface area contributed by atoms with E-state index in [0.29, 0.717) is 35.6 Å². The van der Waals surface area contributed by atoms with Crippen LogP contribution in [0, 0.1) is 0 Å². The molecule has 1 unspecified atom stereocenters. The van der Waals surface area contributed by atoms with Gasteiger partial charge in [0.15, 0.2) is 0 Å². The van der Waals surface area contributed by atoms with Crippen molar-refractivity contribution in [1.29, 1.82) is 0 Å². The lowest BCUT2D eigenvalue weighted by molar-refractivity contribution is -0.116. The molecule has 0 aliphatic rings. The van der Waals surface area contributed by atoms with E-state index in [9.17, 15) is 14.4 Å². The molecule has 4 N–H and O–H groups in total. The summed E-state index contributed by atoms with van der Waals surface area (Å²) in [5.41, 5.74) is 3.43. The van der Waals surface area contributed by atoms with E-state index in [1.54, 1.807) is 36.4 Å². The maximum Gasteiger partial charge on any atom is 0.272 e. The number of benzene rings is 4. The number of ether oxygens (including phenoxy) is 1. The minimum Gasteiger partial charge on any atom is -0.494 e. The summed E-state index contributed by atoms with van der Waals surface area (Å²) in [5, 5.41) is 9.41. The Hall–Kier alpha value is -5.28. The summed E-state index contributed by atoms with van der Waals surface area (Å²) in [4.78, 5) is 43.7. The average molecular weight is 619 g/mol. The van der Waals surface area contributed by atoms with E-state index >= 15 is 0 Å². The van der Waals surface area contributed by atoms with Crippen LogP contribution in [-0.2, 0) is 9.59 Å². The molecule has 3 amide bonds. The molecule has 5 aromatic rings. The second kappa shape index (κ2) is 14.9. The number of thioether (sulfide) groups is 1. The monoisotopic (exact) mass is 618 g/mol. The largest absolute Gasteiger partial charge is 0.494 e. The Morgan fingerprint density at radius 1 is 0.844 bits per heavy atom. The summed E-state index contributed by atoms with van der Waals surface area (Å²) in [5.74, 6) is -0.282. The van der Waals surface area contributed by atoms with Crippen molar-refractivity contribution in [3.05, 3.63) is 126 Å². The third-order valence-electron chi connectivity index (χ3n) is 6.89. The highest BCUT2D eigenvalue weighted by molar-refractivity contribution is 8.00. The first-order valence-corrected chi connectivity index (χ1v) is 15.6. The Bertz CT molecular complexity index is 1820. The molecular formula is C36H34N4O4S. The summed E-state index contributed by atoms with van der Waals surface area (Å²) in [6, 6.07) is 31.0. The van der Waals surface area contributed by atoms with Gasteiger partial charge < -0.3 is 25.7 Å². The number of hydrogen-bond donors (Lipinski definition) is 4. The zero-order valence-electron chi connectivity index (χ0n) is 25.0. The smallest absolute Gasteiger partial charge is 0.272 e. The van der Waals surface area contributed by atoms with Gasteiger partial charge >= 0.3 is 0 Å². The van der Waals surface area contributed by atoms with E-state index in [-0.39, 0.29) is 16.9 Å². The normalized spacial score (nSPS) is 11.9. The SMILES string of the molecule is CCOc1ccc(/C=C(/NC(=O)c2ccccc2)C(=O)Nc2cccc(SC(CC)C(=O)Nc3ccc4cc[nH]c4c3)c2)cc1. The highest BCUT2D eigenvalue weighted by Crippen LogP contribution is 2.29. The van der Waals surface area contributed by atoms with Crippen LogP contribution in [0.25, 0.3) is 17.0 Å². The van der Waals surface area contributed by atoms with Crippen molar-refractivity contribution in [2.75, 3.05) is 17.2 Å². The third kappa shape index (κ3) is 8.43. The van der Waals surface area contributed by atoms with E-state index in [1.165, 1.54) is 11.8 Å². The second-order valence-electron chi connectivity index (χ2n) is 10.1. The standard InChI is InChI=1S/C36H34N4O4S/c1-3-33(36(43)39-28-16-15-25-19-20-37-31(25)23-28)45-30-12-8-11-27(22-30)38-35(42)32(40-34(41)26-9-6-5-7-10-26)21-24-13-17-29(18-14-24)44-4-2/h5-23,33,37H,3-4H2,1-2H3,(H,38,42)(H,39,43)(H,40,41)/b32-21+. The molecule has 0 radical (unpaired) electrons. The van der Waals surface area contributed by atoms with Crippen LogP contribution in [0.2, 0.25) is 0 Å². The Labute approximate surface area is 266 Å². The number of nitrogens with one attached hydrogen (secondary N) is 4. The lowest BCUT2D eigenvalue weighted by Gasteiger charge is -2.16. The van der Waals surface area contributed by atoms with E-state index < -0.39 is 11.8 Å². The molecule has 0 saturated heterocycles. The van der Waals surface area contributed by atoms with Gasteiger partial charge in [-0.2, -0.15) is 0 Å². The van der Waals surface area contributed by atoms with Crippen LogP contribution in [0.15, 0.2) is 120 Å². The van der Waals surface area contributed by atoms with Crippen LogP contribution < -0.4 is 20.7 Å². The highest BCUT2D eigenvalue weighted by Gasteiger charge is 2.20. The van der Waals surface area contributed by atoms with Crippen molar-refractivity contribution < 1.29 is 19.1 Å². The number of aromatic nitrogens is 1. The number of fused-ring (bicyclic) bond motifs is 1. The molecule has 0 saturated carbocycles. The molecule has 0 bridgehead atoms. The van der Waals surface area contributed by atoms with Crippen molar-refractivity contribution >= 4 is 57.8 Å². The minimum absolute atomic E-state index is 0.0796. The molecule has 0 fully saturated rings. The Kier molecular flexibility index (Phi) is 10.3. The van der Waals surface area contributed by atoms with Gasteiger partial charge in [-0.05, 0) is 91.0 Å². The lowest BCUT2D eigenvalue weighted by Crippen LogP contribution is -2.30. The van der Waals surface area contributed by atoms with Gasteiger partial charge in [-0.1, -0.05) is 49.4 Å². The van der Waals surface area contributed by atoms with Crippen molar-refractivity contribution in [2.45, 2.75) is 30.4 Å². The zero-order valence-corrected chi connectivity index (χ0v) is 25.8. The molecule has 0 spiro atoms. The molecule has 4 aromatic carbocycles. The van der Waals surface area contributed by atoms with Crippen molar-refractivity contribution in [2.24, 2.45) is 0 Å². The Morgan fingerprint density at radius 2 is 1.62 bits per heavy atom. The van der Waals surface area contributed by atoms with E-state index in [4.69, 9.17) is 4.74 Å². The quantitative estimate of drug-likeness (QED) is 0.0855. The second-order valence-corrected chi connectivity index (χ2v) is 11.4. The fraction of sp³-hybridized carbons (Fsp3) is 0.139. The van der Waals surface area contributed by atoms with Crippen LogP contribution in [0.5, 0.6) is 5.75 Å². The molecule has 0 aliphatic carbocycles. The molecule has 1 aromatic heterocycles. The highest BCUT2D eigenvalue weighted by atomic mass is 32.2. The summed E-state index contributed by atoms with van der Waals surface area (Å²) in [7, 11) is 0.